The predicted molar refractivity (Wildman–Crippen MR) is 155 cm³/mol. The van der Waals surface area contributed by atoms with Crippen LogP contribution in [0.1, 0.15) is 30.4 Å². The average molecular weight is 526 g/mol. The number of nitrogens with one attached hydrogen (secondary N) is 3. The number of anilines is 1. The Bertz CT molecular complexity index is 1420. The quantitative estimate of drug-likeness (QED) is 0.200. The lowest BCUT2D eigenvalue weighted by molar-refractivity contribution is 0.187. The van der Waals surface area contributed by atoms with Gasteiger partial charge in [-0.15, -0.1) is 0 Å². The minimum absolute atomic E-state index is 0.580. The zero-order valence-corrected chi connectivity index (χ0v) is 22.5. The fourth-order valence-electron chi connectivity index (χ4n) is 4.82. The molecule has 39 heavy (non-hydrogen) atoms. The number of nitrogens with zero attached hydrogens (tertiary/aromatic N) is 6. The van der Waals surface area contributed by atoms with Gasteiger partial charge in [0.2, 0.25) is 0 Å². The second-order valence-electron chi connectivity index (χ2n) is 9.82. The van der Waals surface area contributed by atoms with E-state index in [0.29, 0.717) is 12.3 Å². The van der Waals surface area contributed by atoms with Crippen molar-refractivity contribution in [2.75, 3.05) is 39.1 Å². The molecule has 202 valence electrons. The molecule has 0 aliphatic carbocycles. The number of benzene rings is 1. The van der Waals surface area contributed by atoms with E-state index in [1.165, 1.54) is 32.1 Å². The van der Waals surface area contributed by atoms with Gasteiger partial charge in [0, 0.05) is 43.7 Å². The highest BCUT2D eigenvalue weighted by atomic mass is 16.5. The molecule has 3 N–H and O–H groups in total. The fourth-order valence-corrected chi connectivity index (χ4v) is 4.82. The number of aromatic nitrogens is 4. The van der Waals surface area contributed by atoms with Gasteiger partial charge in [-0.25, -0.2) is 15.0 Å². The van der Waals surface area contributed by atoms with Gasteiger partial charge in [-0.2, -0.15) is 5.10 Å². The Hall–Kier alpha value is -4.31. The molecule has 1 aromatic carbocycles. The van der Waals surface area contributed by atoms with E-state index in [4.69, 9.17) is 10.1 Å². The number of piperidine rings is 1. The summed E-state index contributed by atoms with van der Waals surface area (Å²) in [7, 11) is 3.91. The molecule has 4 aromatic rings. The highest BCUT2D eigenvalue weighted by molar-refractivity contribution is 6.37. The summed E-state index contributed by atoms with van der Waals surface area (Å²) >= 11 is 0. The molecule has 1 fully saturated rings. The van der Waals surface area contributed by atoms with E-state index >= 15 is 0 Å². The second kappa shape index (κ2) is 12.5. The van der Waals surface area contributed by atoms with E-state index in [9.17, 15) is 0 Å². The summed E-state index contributed by atoms with van der Waals surface area (Å²) in [5.74, 6) is 2.32. The summed E-state index contributed by atoms with van der Waals surface area (Å²) in [6.07, 6.45) is 10.2. The lowest BCUT2D eigenvalue weighted by Gasteiger charge is -2.28. The van der Waals surface area contributed by atoms with Crippen LogP contribution >= 0.6 is 0 Å². The summed E-state index contributed by atoms with van der Waals surface area (Å²) in [5, 5.41) is 15.0. The van der Waals surface area contributed by atoms with Crippen LogP contribution in [0.4, 0.5) is 5.82 Å². The minimum Gasteiger partial charge on any atom is -0.493 e. The van der Waals surface area contributed by atoms with Crippen molar-refractivity contribution in [3.8, 4) is 17.1 Å². The van der Waals surface area contributed by atoms with E-state index in [0.717, 1.165) is 58.7 Å². The number of imidazole rings is 1. The standard InChI is InChI=1S/C29H35N9O/c1-31-36-26(17-30)23-5-3-22(4-6-23)18-32-28-16-25(34-20-35-28)27-19-33-29-15-24(9-13-38(27)29)39-14-10-21-7-11-37(2)12-8-21/h3-6,9,13,15-17,19-21,30-31H,7-8,10-12,14,18H2,1-2H3,(H,32,34,35)/b30-17?,36-26+. The van der Waals surface area contributed by atoms with Gasteiger partial charge in [0.05, 0.1) is 24.2 Å². The van der Waals surface area contributed by atoms with Crippen LogP contribution in [0, 0.1) is 11.3 Å². The van der Waals surface area contributed by atoms with Crippen molar-refractivity contribution in [2.24, 2.45) is 11.0 Å². The molecule has 0 atom stereocenters. The summed E-state index contributed by atoms with van der Waals surface area (Å²) in [6, 6.07) is 13.8. The largest absolute Gasteiger partial charge is 0.493 e. The summed E-state index contributed by atoms with van der Waals surface area (Å²) in [5.41, 5.74) is 7.77. The van der Waals surface area contributed by atoms with Crippen molar-refractivity contribution < 1.29 is 4.74 Å². The minimum atomic E-state index is 0.580. The molecule has 5 rings (SSSR count). The van der Waals surface area contributed by atoms with Crippen LogP contribution in [0.5, 0.6) is 5.75 Å². The Kier molecular flexibility index (Phi) is 8.42. The second-order valence-corrected chi connectivity index (χ2v) is 9.82. The molecule has 10 nitrogen and oxygen atoms in total. The van der Waals surface area contributed by atoms with Crippen molar-refractivity contribution in [2.45, 2.75) is 25.8 Å². The molecule has 0 saturated carbocycles. The number of rotatable bonds is 11. The van der Waals surface area contributed by atoms with Gasteiger partial charge in [-0.1, -0.05) is 24.3 Å². The first-order chi connectivity index (χ1) is 19.1. The molecule has 1 aliphatic rings. The van der Waals surface area contributed by atoms with Crippen LogP contribution in [-0.4, -0.2) is 70.0 Å². The van der Waals surface area contributed by atoms with Gasteiger partial charge < -0.3 is 25.8 Å². The van der Waals surface area contributed by atoms with Gasteiger partial charge in [0.15, 0.2) is 0 Å². The Balaban J connectivity index is 1.20. The van der Waals surface area contributed by atoms with Crippen LogP contribution < -0.4 is 15.5 Å². The number of hydrazone groups is 1. The maximum absolute atomic E-state index is 7.52. The van der Waals surface area contributed by atoms with Crippen LogP contribution in [-0.2, 0) is 6.54 Å². The Morgan fingerprint density at radius 1 is 1.13 bits per heavy atom. The Labute approximate surface area is 228 Å². The van der Waals surface area contributed by atoms with Crippen molar-refractivity contribution in [3.63, 3.8) is 0 Å². The van der Waals surface area contributed by atoms with Gasteiger partial charge in [0.1, 0.15) is 29.3 Å². The maximum atomic E-state index is 7.52. The zero-order valence-electron chi connectivity index (χ0n) is 22.5. The van der Waals surface area contributed by atoms with Crippen LogP contribution in [0.25, 0.3) is 17.0 Å². The molecule has 0 unspecified atom stereocenters. The lowest BCUT2D eigenvalue weighted by atomic mass is 9.94. The van der Waals surface area contributed by atoms with E-state index in [1.807, 2.05) is 59.3 Å². The normalized spacial score (nSPS) is 14.9. The third-order valence-electron chi connectivity index (χ3n) is 7.14. The molecule has 1 aliphatic heterocycles. The van der Waals surface area contributed by atoms with E-state index in [-0.39, 0.29) is 0 Å². The number of ether oxygens (including phenoxy) is 1. The molecule has 3 aromatic heterocycles. The smallest absolute Gasteiger partial charge is 0.140 e. The Morgan fingerprint density at radius 2 is 1.95 bits per heavy atom. The van der Waals surface area contributed by atoms with Crippen LogP contribution in [0.3, 0.4) is 0 Å². The SMILES string of the molecule is CN/N=C(\C=N)c1ccc(CNc2cc(-c3cnc4cc(OCCC5CCN(C)CC5)ccn34)ncn2)cc1. The Morgan fingerprint density at radius 3 is 2.72 bits per heavy atom. The van der Waals surface area contributed by atoms with Crippen LogP contribution in [0.2, 0.25) is 0 Å². The predicted octanol–water partition coefficient (Wildman–Crippen LogP) is 4.09. The third-order valence-corrected chi connectivity index (χ3v) is 7.14. The number of fused-ring (bicyclic) bond motifs is 1. The van der Waals surface area contributed by atoms with E-state index < -0.39 is 0 Å². The molecule has 0 amide bonds. The first-order valence-electron chi connectivity index (χ1n) is 13.3. The number of hydrogen-bond acceptors (Lipinski definition) is 9. The van der Waals surface area contributed by atoms with E-state index in [2.05, 4.69) is 42.7 Å². The van der Waals surface area contributed by atoms with Crippen molar-refractivity contribution in [3.05, 3.63) is 72.3 Å². The molecule has 0 bridgehead atoms. The summed E-state index contributed by atoms with van der Waals surface area (Å²) < 4.78 is 8.08. The fraction of sp³-hybridized carbons (Fsp3) is 0.345. The van der Waals surface area contributed by atoms with E-state index in [1.54, 1.807) is 13.4 Å². The average Bonchev–Trinajstić information content (AvgIpc) is 3.40. The number of likely N-dealkylation sites (tertiary alicyclic amines) is 1. The molecular formula is C29H35N9O. The molecule has 0 radical (unpaired) electrons. The van der Waals surface area contributed by atoms with Gasteiger partial charge >= 0.3 is 0 Å². The maximum Gasteiger partial charge on any atom is 0.140 e. The third kappa shape index (κ3) is 6.58. The van der Waals surface area contributed by atoms with Crippen LogP contribution in [0.15, 0.2) is 66.3 Å². The first-order valence-corrected chi connectivity index (χ1v) is 13.3. The monoisotopic (exact) mass is 525 g/mol. The number of pyridine rings is 1. The van der Waals surface area contributed by atoms with Gasteiger partial charge in [-0.05, 0) is 56.9 Å². The molecular weight excluding hydrogens is 490 g/mol. The summed E-state index contributed by atoms with van der Waals surface area (Å²) in [4.78, 5) is 15.9. The lowest BCUT2D eigenvalue weighted by Crippen LogP contribution is -2.30. The molecule has 1 saturated heterocycles. The van der Waals surface area contributed by atoms with Gasteiger partial charge in [-0.3, -0.25) is 4.40 Å². The highest BCUT2D eigenvalue weighted by Gasteiger charge is 2.16. The topological polar surface area (TPSA) is 116 Å². The first kappa shape index (κ1) is 26.3. The van der Waals surface area contributed by atoms with Gasteiger partial charge in [0.25, 0.3) is 0 Å². The number of hydrogen-bond donors (Lipinski definition) is 3. The zero-order chi connectivity index (χ0) is 27.0. The summed E-state index contributed by atoms with van der Waals surface area (Å²) in [6.45, 7) is 3.70. The highest BCUT2D eigenvalue weighted by Crippen LogP contribution is 2.24. The van der Waals surface area contributed by atoms with Crippen molar-refractivity contribution in [1.82, 2.24) is 29.7 Å². The van der Waals surface area contributed by atoms with Crippen molar-refractivity contribution >= 4 is 23.4 Å². The molecule has 0 spiro atoms. The molecule has 4 heterocycles. The molecule has 10 heteroatoms. The van der Waals surface area contributed by atoms with Crippen molar-refractivity contribution in [1.29, 1.82) is 5.41 Å².